The van der Waals surface area contributed by atoms with Crippen molar-refractivity contribution in [3.05, 3.63) is 40.8 Å². The number of benzene rings is 1. The smallest absolute Gasteiger partial charge is 0.201 e. The second kappa shape index (κ2) is 3.94. The molecule has 0 saturated heterocycles. The zero-order chi connectivity index (χ0) is 10.8. The Morgan fingerprint density at radius 1 is 1.31 bits per heavy atom. The van der Waals surface area contributed by atoms with Crippen molar-refractivity contribution in [2.24, 2.45) is 0 Å². The van der Waals surface area contributed by atoms with Crippen LogP contribution in [0.5, 0.6) is 0 Å². The Morgan fingerprint density at radius 3 is 3.06 bits per heavy atom. The number of nitrogens with zero attached hydrogens (tertiary/aromatic N) is 2. The molecule has 0 spiro atoms. The molecule has 80 valence electrons. The maximum Gasteiger partial charge on any atom is 0.201 e. The number of nitrogens with one attached hydrogen (secondary N) is 2. The fourth-order valence-electron chi connectivity index (χ4n) is 1.54. The third-order valence-corrected chi connectivity index (χ3v) is 2.95. The van der Waals surface area contributed by atoms with Crippen molar-refractivity contribution in [2.75, 3.05) is 5.32 Å². The van der Waals surface area contributed by atoms with E-state index in [-0.39, 0.29) is 0 Å². The van der Waals surface area contributed by atoms with Crippen LogP contribution >= 0.6 is 11.3 Å². The summed E-state index contributed by atoms with van der Waals surface area (Å²) >= 11 is 1.60. The summed E-state index contributed by atoms with van der Waals surface area (Å²) in [7, 11) is 0. The summed E-state index contributed by atoms with van der Waals surface area (Å²) < 4.78 is 0. The first kappa shape index (κ1) is 9.35. The molecule has 0 aliphatic rings. The van der Waals surface area contributed by atoms with Crippen molar-refractivity contribution in [3.8, 4) is 0 Å². The highest BCUT2D eigenvalue weighted by Crippen LogP contribution is 2.13. The van der Waals surface area contributed by atoms with Gasteiger partial charge in [-0.3, -0.25) is 0 Å². The van der Waals surface area contributed by atoms with Gasteiger partial charge in [0.05, 0.1) is 28.8 Å². The standard InChI is InChI=1S/C11H10N4S/c1-2-4-10-9(3-1)14-11(15-10)12-5-8-6-16-7-13-8/h1-4,6-7H,5H2,(H2,12,14,15). The zero-order valence-electron chi connectivity index (χ0n) is 8.47. The third-order valence-electron chi connectivity index (χ3n) is 2.31. The number of H-pyrrole nitrogens is 1. The van der Waals surface area contributed by atoms with E-state index in [0.717, 1.165) is 22.7 Å². The molecule has 0 aliphatic carbocycles. The van der Waals surface area contributed by atoms with Gasteiger partial charge in [0.2, 0.25) is 5.95 Å². The number of para-hydroxylation sites is 2. The lowest BCUT2D eigenvalue weighted by Crippen LogP contribution is -2.00. The van der Waals surface area contributed by atoms with Gasteiger partial charge in [0.1, 0.15) is 0 Å². The fraction of sp³-hybridized carbons (Fsp3) is 0.0909. The Balaban J connectivity index is 1.79. The van der Waals surface area contributed by atoms with Crippen LogP contribution in [0.25, 0.3) is 11.0 Å². The predicted molar refractivity (Wildman–Crippen MR) is 65.5 cm³/mol. The van der Waals surface area contributed by atoms with Gasteiger partial charge in [-0.05, 0) is 12.1 Å². The van der Waals surface area contributed by atoms with Crippen molar-refractivity contribution < 1.29 is 0 Å². The van der Waals surface area contributed by atoms with Crippen LogP contribution in [0.1, 0.15) is 5.69 Å². The number of anilines is 1. The number of fused-ring (bicyclic) bond motifs is 1. The topological polar surface area (TPSA) is 53.6 Å². The normalized spacial score (nSPS) is 10.8. The summed E-state index contributed by atoms with van der Waals surface area (Å²) in [5, 5.41) is 5.24. The van der Waals surface area contributed by atoms with Gasteiger partial charge in [0.25, 0.3) is 0 Å². The summed E-state index contributed by atoms with van der Waals surface area (Å²) in [4.78, 5) is 11.8. The lowest BCUT2D eigenvalue weighted by atomic mass is 10.3. The minimum Gasteiger partial charge on any atom is -0.350 e. The Kier molecular flexibility index (Phi) is 2.30. The molecule has 3 aromatic rings. The largest absolute Gasteiger partial charge is 0.350 e. The molecule has 0 saturated carbocycles. The molecule has 0 unspecified atom stereocenters. The van der Waals surface area contributed by atoms with Gasteiger partial charge in [-0.25, -0.2) is 9.97 Å². The van der Waals surface area contributed by atoms with E-state index >= 15 is 0 Å². The van der Waals surface area contributed by atoms with E-state index in [0.29, 0.717) is 6.54 Å². The number of rotatable bonds is 3. The molecule has 0 amide bonds. The Morgan fingerprint density at radius 2 is 2.25 bits per heavy atom. The minimum absolute atomic E-state index is 0.698. The SMILES string of the molecule is c1ccc2[nH]c(NCc3cscn3)nc2c1. The highest BCUT2D eigenvalue weighted by atomic mass is 32.1. The van der Waals surface area contributed by atoms with Crippen molar-refractivity contribution in [1.82, 2.24) is 15.0 Å². The molecule has 3 rings (SSSR count). The van der Waals surface area contributed by atoms with E-state index in [1.165, 1.54) is 0 Å². The minimum atomic E-state index is 0.698. The second-order valence-electron chi connectivity index (χ2n) is 3.44. The Hall–Kier alpha value is -1.88. The molecule has 5 heteroatoms. The lowest BCUT2D eigenvalue weighted by molar-refractivity contribution is 1.04. The average Bonchev–Trinajstić information content (AvgIpc) is 2.95. The highest BCUT2D eigenvalue weighted by molar-refractivity contribution is 7.07. The Bertz CT molecular complexity index is 552. The first-order chi connectivity index (χ1) is 7.92. The van der Waals surface area contributed by atoms with Crippen molar-refractivity contribution >= 4 is 28.3 Å². The molecule has 0 radical (unpaired) electrons. The summed E-state index contributed by atoms with van der Waals surface area (Å²) in [5.74, 6) is 0.786. The number of hydrogen-bond donors (Lipinski definition) is 2. The maximum absolute atomic E-state index is 4.42. The first-order valence-electron chi connectivity index (χ1n) is 4.97. The summed E-state index contributed by atoms with van der Waals surface area (Å²) in [6.07, 6.45) is 0. The van der Waals surface area contributed by atoms with Crippen LogP contribution < -0.4 is 5.32 Å². The number of hydrogen-bond acceptors (Lipinski definition) is 4. The monoisotopic (exact) mass is 230 g/mol. The van der Waals surface area contributed by atoms with Crippen LogP contribution in [-0.4, -0.2) is 15.0 Å². The molecule has 1 aromatic carbocycles. The second-order valence-corrected chi connectivity index (χ2v) is 4.15. The van der Waals surface area contributed by atoms with Crippen LogP contribution in [0, 0.1) is 0 Å². The number of imidazole rings is 1. The Labute approximate surface area is 96.4 Å². The first-order valence-corrected chi connectivity index (χ1v) is 5.92. The molecule has 0 atom stereocenters. The quantitative estimate of drug-likeness (QED) is 0.727. The number of thiazole rings is 1. The lowest BCUT2D eigenvalue weighted by Gasteiger charge is -1.97. The summed E-state index contributed by atoms with van der Waals surface area (Å²) in [5.41, 5.74) is 4.88. The van der Waals surface area contributed by atoms with Crippen LogP contribution in [0.3, 0.4) is 0 Å². The molecule has 16 heavy (non-hydrogen) atoms. The molecule has 2 N–H and O–H groups in total. The van der Waals surface area contributed by atoms with Crippen molar-refractivity contribution in [2.45, 2.75) is 6.54 Å². The zero-order valence-corrected chi connectivity index (χ0v) is 9.29. The van der Waals surface area contributed by atoms with E-state index in [1.807, 2.05) is 35.2 Å². The van der Waals surface area contributed by atoms with Crippen molar-refractivity contribution in [1.29, 1.82) is 0 Å². The van der Waals surface area contributed by atoms with E-state index in [1.54, 1.807) is 11.3 Å². The van der Waals surface area contributed by atoms with Gasteiger partial charge < -0.3 is 10.3 Å². The van der Waals surface area contributed by atoms with Crippen LogP contribution in [-0.2, 0) is 6.54 Å². The third kappa shape index (κ3) is 1.77. The van der Waals surface area contributed by atoms with Gasteiger partial charge in [-0.1, -0.05) is 12.1 Å². The number of aromatic nitrogens is 3. The van der Waals surface area contributed by atoms with Gasteiger partial charge >= 0.3 is 0 Å². The summed E-state index contributed by atoms with van der Waals surface area (Å²) in [6, 6.07) is 7.97. The molecular weight excluding hydrogens is 220 g/mol. The van der Waals surface area contributed by atoms with Gasteiger partial charge in [-0.2, -0.15) is 0 Å². The van der Waals surface area contributed by atoms with E-state index in [4.69, 9.17) is 0 Å². The fourth-order valence-corrected chi connectivity index (χ4v) is 2.09. The molecule has 2 aromatic heterocycles. The molecule has 0 fully saturated rings. The molecule has 0 aliphatic heterocycles. The highest BCUT2D eigenvalue weighted by Gasteiger charge is 2.01. The molecule has 2 heterocycles. The van der Waals surface area contributed by atoms with Crippen LogP contribution in [0.2, 0.25) is 0 Å². The molecular formula is C11H10N4S. The molecule has 4 nitrogen and oxygen atoms in total. The van der Waals surface area contributed by atoms with Gasteiger partial charge in [0.15, 0.2) is 0 Å². The van der Waals surface area contributed by atoms with E-state index in [9.17, 15) is 0 Å². The predicted octanol–water partition coefficient (Wildman–Crippen LogP) is 2.63. The van der Waals surface area contributed by atoms with Gasteiger partial charge in [0, 0.05) is 5.38 Å². The molecule has 0 bridgehead atoms. The van der Waals surface area contributed by atoms with E-state index in [2.05, 4.69) is 20.3 Å². The number of aromatic amines is 1. The van der Waals surface area contributed by atoms with Crippen molar-refractivity contribution in [3.63, 3.8) is 0 Å². The van der Waals surface area contributed by atoms with E-state index < -0.39 is 0 Å². The summed E-state index contributed by atoms with van der Waals surface area (Å²) in [6.45, 7) is 0.698. The van der Waals surface area contributed by atoms with Crippen LogP contribution in [0.15, 0.2) is 35.2 Å². The van der Waals surface area contributed by atoms with Crippen LogP contribution in [0.4, 0.5) is 5.95 Å². The maximum atomic E-state index is 4.42. The van der Waals surface area contributed by atoms with Gasteiger partial charge in [-0.15, -0.1) is 11.3 Å². The average molecular weight is 230 g/mol.